The quantitative estimate of drug-likeness (QED) is 0.873. The highest BCUT2D eigenvalue weighted by Crippen LogP contribution is 2.39. The van der Waals surface area contributed by atoms with Crippen molar-refractivity contribution in [3.8, 4) is 11.6 Å². The highest BCUT2D eigenvalue weighted by Gasteiger charge is 2.37. The van der Waals surface area contributed by atoms with Gasteiger partial charge in [0.25, 0.3) is 5.91 Å². The first-order valence-corrected chi connectivity index (χ1v) is 8.22. The first-order valence-electron chi connectivity index (χ1n) is 8.22. The van der Waals surface area contributed by atoms with Crippen LogP contribution < -0.4 is 20.5 Å². The van der Waals surface area contributed by atoms with Gasteiger partial charge in [-0.3, -0.25) is 9.78 Å². The molecule has 1 aliphatic carbocycles. The number of nitrogens with one attached hydrogen (secondary N) is 1. The topological polar surface area (TPSA) is 99.4 Å². The first kappa shape index (κ1) is 15.1. The van der Waals surface area contributed by atoms with Gasteiger partial charge >= 0.3 is 0 Å². The van der Waals surface area contributed by atoms with Crippen molar-refractivity contribution in [3.63, 3.8) is 0 Å². The Morgan fingerprint density at radius 2 is 2.08 bits per heavy atom. The molecule has 24 heavy (non-hydrogen) atoms. The summed E-state index contributed by atoms with van der Waals surface area (Å²) >= 11 is 0. The van der Waals surface area contributed by atoms with E-state index in [0.717, 1.165) is 25.7 Å². The van der Waals surface area contributed by atoms with E-state index in [0.29, 0.717) is 28.4 Å². The fraction of sp³-hybridized carbons (Fsp3) is 0.471. The molecule has 0 spiro atoms. The van der Waals surface area contributed by atoms with Crippen LogP contribution in [0.3, 0.4) is 0 Å². The average molecular weight is 328 g/mol. The molecule has 1 amide bonds. The van der Waals surface area contributed by atoms with Crippen LogP contribution in [0.25, 0.3) is 11.0 Å². The molecule has 4 rings (SSSR count). The maximum Gasteiger partial charge on any atom is 0.265 e. The van der Waals surface area contributed by atoms with Crippen molar-refractivity contribution in [1.29, 1.82) is 0 Å². The molecule has 0 saturated heterocycles. The van der Waals surface area contributed by atoms with Crippen molar-refractivity contribution in [2.75, 3.05) is 12.4 Å². The molecule has 3 heterocycles. The van der Waals surface area contributed by atoms with Crippen LogP contribution >= 0.6 is 0 Å². The number of rotatable bonds is 2. The number of pyridine rings is 2. The van der Waals surface area contributed by atoms with Crippen LogP contribution in [0.5, 0.6) is 11.6 Å². The smallest absolute Gasteiger partial charge is 0.265 e. The summed E-state index contributed by atoms with van der Waals surface area (Å²) in [7, 11) is 1.56. The number of aromatic nitrogens is 2. The lowest BCUT2D eigenvalue weighted by Gasteiger charge is -2.34. The largest absolute Gasteiger partial charge is 0.481 e. The van der Waals surface area contributed by atoms with Gasteiger partial charge in [0.15, 0.2) is 11.9 Å². The van der Waals surface area contributed by atoms with E-state index in [4.69, 9.17) is 15.2 Å². The third-order valence-electron chi connectivity index (χ3n) is 4.86. The minimum atomic E-state index is -0.511. The highest BCUT2D eigenvalue weighted by molar-refractivity contribution is 6.01. The number of methoxy groups -OCH3 is 1. The van der Waals surface area contributed by atoms with Gasteiger partial charge in [-0.15, -0.1) is 0 Å². The van der Waals surface area contributed by atoms with Crippen LogP contribution in [0.15, 0.2) is 18.3 Å². The van der Waals surface area contributed by atoms with Gasteiger partial charge in [0.1, 0.15) is 11.2 Å². The van der Waals surface area contributed by atoms with Crippen molar-refractivity contribution in [2.45, 2.75) is 37.8 Å². The van der Waals surface area contributed by atoms with E-state index in [1.807, 2.05) is 6.07 Å². The Morgan fingerprint density at radius 1 is 1.29 bits per heavy atom. The molecule has 2 aromatic heterocycles. The van der Waals surface area contributed by atoms with Crippen LogP contribution in [0.1, 0.15) is 25.7 Å². The predicted molar refractivity (Wildman–Crippen MR) is 89.1 cm³/mol. The fourth-order valence-corrected chi connectivity index (χ4v) is 3.49. The van der Waals surface area contributed by atoms with Crippen LogP contribution in [0.4, 0.5) is 5.69 Å². The average Bonchev–Trinajstić information content (AvgIpc) is 2.61. The highest BCUT2D eigenvalue weighted by atomic mass is 16.5. The summed E-state index contributed by atoms with van der Waals surface area (Å²) in [6.45, 7) is 0. The van der Waals surface area contributed by atoms with Crippen molar-refractivity contribution >= 4 is 22.6 Å². The Bertz CT molecular complexity index is 787. The second-order valence-corrected chi connectivity index (χ2v) is 6.42. The summed E-state index contributed by atoms with van der Waals surface area (Å²) in [5.74, 6) is 1.11. The molecule has 1 aliphatic heterocycles. The zero-order valence-electron chi connectivity index (χ0n) is 13.5. The summed E-state index contributed by atoms with van der Waals surface area (Å²) < 4.78 is 11.3. The molecule has 7 nitrogen and oxygen atoms in total. The van der Waals surface area contributed by atoms with Crippen LogP contribution in [-0.2, 0) is 4.79 Å². The second kappa shape index (κ2) is 5.90. The van der Waals surface area contributed by atoms with Crippen molar-refractivity contribution in [1.82, 2.24) is 9.97 Å². The number of hydrogen-bond acceptors (Lipinski definition) is 6. The monoisotopic (exact) mass is 328 g/mol. The Balaban J connectivity index is 1.71. The normalized spacial score (nSPS) is 26.4. The molecule has 126 valence electrons. The third-order valence-corrected chi connectivity index (χ3v) is 4.86. The zero-order chi connectivity index (χ0) is 16.7. The van der Waals surface area contributed by atoms with Crippen molar-refractivity contribution in [2.24, 2.45) is 11.7 Å². The van der Waals surface area contributed by atoms with E-state index < -0.39 is 6.10 Å². The summed E-state index contributed by atoms with van der Waals surface area (Å²) in [5, 5.41) is 2.91. The molecule has 0 aromatic carbocycles. The van der Waals surface area contributed by atoms with Crippen molar-refractivity contribution < 1.29 is 14.3 Å². The summed E-state index contributed by atoms with van der Waals surface area (Å²) in [4.78, 5) is 21.2. The van der Waals surface area contributed by atoms with Gasteiger partial charge in [0, 0.05) is 18.0 Å². The lowest BCUT2D eigenvalue weighted by atomic mass is 9.82. The van der Waals surface area contributed by atoms with Gasteiger partial charge in [-0.1, -0.05) is 0 Å². The molecule has 1 unspecified atom stereocenters. The zero-order valence-corrected chi connectivity index (χ0v) is 13.5. The van der Waals surface area contributed by atoms with Gasteiger partial charge in [0.2, 0.25) is 5.88 Å². The first-order chi connectivity index (χ1) is 11.7. The number of hydrogen-bond donors (Lipinski definition) is 2. The SMILES string of the molecule is COc1ccc2ncc3c(c2n1)OC(C1CCC(N)CC1)C(=O)N3. The van der Waals surface area contributed by atoms with Gasteiger partial charge < -0.3 is 20.5 Å². The lowest BCUT2D eigenvalue weighted by Crippen LogP contribution is -2.44. The molecule has 0 bridgehead atoms. The lowest BCUT2D eigenvalue weighted by molar-refractivity contribution is -0.126. The Hall–Kier alpha value is -2.41. The van der Waals surface area contributed by atoms with Crippen LogP contribution in [0.2, 0.25) is 0 Å². The Morgan fingerprint density at radius 3 is 2.83 bits per heavy atom. The van der Waals surface area contributed by atoms with Gasteiger partial charge in [-0.25, -0.2) is 4.98 Å². The minimum absolute atomic E-state index is 0.119. The summed E-state index contributed by atoms with van der Waals surface area (Å²) in [6.07, 6.45) is 4.74. The Kier molecular flexibility index (Phi) is 3.72. The van der Waals surface area contributed by atoms with Crippen molar-refractivity contribution in [3.05, 3.63) is 18.3 Å². The third kappa shape index (κ3) is 2.54. The molecule has 2 aliphatic rings. The number of amides is 1. The number of carbonyl (C=O) groups is 1. The molecule has 1 saturated carbocycles. The number of fused-ring (bicyclic) bond motifs is 3. The number of ether oxygens (including phenoxy) is 2. The molecule has 7 heteroatoms. The van der Waals surface area contributed by atoms with E-state index in [2.05, 4.69) is 15.3 Å². The van der Waals surface area contributed by atoms with E-state index in [-0.39, 0.29) is 17.9 Å². The van der Waals surface area contributed by atoms with Gasteiger partial charge in [-0.05, 0) is 31.7 Å². The Labute approximate surface area is 139 Å². The maximum absolute atomic E-state index is 12.5. The van der Waals surface area contributed by atoms with E-state index >= 15 is 0 Å². The fourth-order valence-electron chi connectivity index (χ4n) is 3.49. The molecular formula is C17H20N4O3. The van der Waals surface area contributed by atoms with Crippen LogP contribution in [-0.4, -0.2) is 35.1 Å². The van der Waals surface area contributed by atoms with E-state index in [1.54, 1.807) is 19.4 Å². The number of carbonyl (C=O) groups excluding carboxylic acids is 1. The molecule has 3 N–H and O–H groups in total. The molecule has 2 aromatic rings. The number of nitrogens with two attached hydrogens (primary N) is 1. The van der Waals surface area contributed by atoms with Crippen LogP contribution in [0, 0.1) is 5.92 Å². The number of anilines is 1. The predicted octanol–water partition coefficient (Wildman–Crippen LogP) is 1.86. The minimum Gasteiger partial charge on any atom is -0.481 e. The van der Waals surface area contributed by atoms with Gasteiger partial charge in [-0.2, -0.15) is 0 Å². The second-order valence-electron chi connectivity index (χ2n) is 6.42. The molecule has 1 fully saturated rings. The summed E-state index contributed by atoms with van der Waals surface area (Å²) in [6, 6.07) is 3.81. The van der Waals surface area contributed by atoms with Gasteiger partial charge in [0.05, 0.1) is 18.8 Å². The molecule has 0 radical (unpaired) electrons. The van der Waals surface area contributed by atoms with E-state index in [9.17, 15) is 4.79 Å². The maximum atomic E-state index is 12.5. The summed E-state index contributed by atoms with van der Waals surface area (Å²) in [5.41, 5.74) is 7.83. The standard InChI is InChI=1S/C17H20N4O3/c1-23-13-7-6-11-14(21-13)16-12(8-19-11)20-17(22)15(24-16)9-2-4-10(18)5-3-9/h6-10,15H,2-5,18H2,1H3,(H,20,22). The van der Waals surface area contributed by atoms with E-state index in [1.165, 1.54) is 0 Å². The molecule has 1 atom stereocenters. The number of nitrogens with zero attached hydrogens (tertiary/aromatic N) is 2. The molecular weight excluding hydrogens is 308 g/mol.